The van der Waals surface area contributed by atoms with E-state index in [1.165, 1.54) is 0 Å². The summed E-state index contributed by atoms with van der Waals surface area (Å²) in [6.07, 6.45) is -2.40. The number of halogens is 3. The predicted octanol–water partition coefficient (Wildman–Crippen LogP) is 3.16. The van der Waals surface area contributed by atoms with Crippen LogP contribution in [0.1, 0.15) is 39.4 Å². The molecule has 1 fully saturated rings. The van der Waals surface area contributed by atoms with E-state index in [0.29, 0.717) is 11.0 Å². The number of hydrogen-bond donors (Lipinski definition) is 1. The van der Waals surface area contributed by atoms with E-state index in [-0.39, 0.29) is 5.54 Å². The van der Waals surface area contributed by atoms with Crippen molar-refractivity contribution in [1.82, 2.24) is 14.7 Å². The van der Waals surface area contributed by atoms with E-state index in [1.807, 2.05) is 4.90 Å². The molecule has 1 aromatic heterocycles. The molecule has 1 atom stereocenters. The van der Waals surface area contributed by atoms with Gasteiger partial charge in [0.15, 0.2) is 0 Å². The maximum Gasteiger partial charge on any atom is 0.452 e. The summed E-state index contributed by atoms with van der Waals surface area (Å²) in [4.78, 5) is 5.56. The molecule has 1 saturated heterocycles. The smallest absolute Gasteiger partial charge is 0.347 e. The first-order valence-electron chi connectivity index (χ1n) is 7.06. The van der Waals surface area contributed by atoms with Crippen LogP contribution in [0.25, 0.3) is 0 Å². The molecule has 1 N–H and O–H groups in total. The highest BCUT2D eigenvalue weighted by atomic mass is 32.1. The molecule has 4 nitrogen and oxygen atoms in total. The zero-order valence-electron chi connectivity index (χ0n) is 12.5. The van der Waals surface area contributed by atoms with E-state index in [1.54, 1.807) is 0 Å². The SMILES string of the molecule is CC(C)(C)NCC1CCCN(c2nc(C(F)(F)F)ns2)C1. The molecule has 1 aliphatic rings. The maximum absolute atomic E-state index is 12.6. The van der Waals surface area contributed by atoms with Gasteiger partial charge in [0.05, 0.1) is 0 Å². The summed E-state index contributed by atoms with van der Waals surface area (Å²) in [5.74, 6) is -0.603. The summed E-state index contributed by atoms with van der Waals surface area (Å²) < 4.78 is 41.1. The number of piperidine rings is 1. The number of rotatable bonds is 3. The van der Waals surface area contributed by atoms with Gasteiger partial charge in [-0.2, -0.15) is 22.5 Å². The number of alkyl halides is 3. The van der Waals surface area contributed by atoms with Gasteiger partial charge in [-0.1, -0.05) is 0 Å². The van der Waals surface area contributed by atoms with Crippen molar-refractivity contribution in [3.05, 3.63) is 5.82 Å². The Morgan fingerprint density at radius 1 is 1.33 bits per heavy atom. The highest BCUT2D eigenvalue weighted by molar-refractivity contribution is 7.09. The molecular weight excluding hydrogens is 301 g/mol. The zero-order valence-corrected chi connectivity index (χ0v) is 13.3. The fourth-order valence-electron chi connectivity index (χ4n) is 2.32. The van der Waals surface area contributed by atoms with Gasteiger partial charge < -0.3 is 10.2 Å². The van der Waals surface area contributed by atoms with E-state index >= 15 is 0 Å². The Morgan fingerprint density at radius 2 is 2.05 bits per heavy atom. The first-order valence-corrected chi connectivity index (χ1v) is 7.83. The standard InChI is InChI=1S/C13H21F3N4S/c1-12(2,3)17-7-9-5-4-6-20(8-9)11-18-10(19-21-11)13(14,15)16/h9,17H,4-8H2,1-3H3. The topological polar surface area (TPSA) is 41.0 Å². The van der Waals surface area contributed by atoms with Gasteiger partial charge in [0, 0.05) is 36.7 Å². The summed E-state index contributed by atoms with van der Waals surface area (Å²) in [5.41, 5.74) is 0.0501. The van der Waals surface area contributed by atoms with Crippen LogP contribution in [0, 0.1) is 5.92 Å². The van der Waals surface area contributed by atoms with Crippen molar-refractivity contribution < 1.29 is 13.2 Å². The Hall–Kier alpha value is -0.890. The van der Waals surface area contributed by atoms with Crippen molar-refractivity contribution in [2.45, 2.75) is 45.3 Å². The minimum absolute atomic E-state index is 0.0501. The van der Waals surface area contributed by atoms with Crippen molar-refractivity contribution in [3.63, 3.8) is 0 Å². The van der Waals surface area contributed by atoms with Gasteiger partial charge in [0.2, 0.25) is 11.0 Å². The van der Waals surface area contributed by atoms with Crippen molar-refractivity contribution >= 4 is 16.7 Å². The second-order valence-corrected chi connectivity index (χ2v) is 7.21. The normalized spacial score (nSPS) is 20.9. The van der Waals surface area contributed by atoms with E-state index in [2.05, 4.69) is 35.4 Å². The minimum atomic E-state index is -4.46. The zero-order chi connectivity index (χ0) is 15.7. The van der Waals surface area contributed by atoms with Gasteiger partial charge in [0.1, 0.15) is 0 Å². The van der Waals surface area contributed by atoms with Crippen LogP contribution in [0.4, 0.5) is 18.3 Å². The first-order chi connectivity index (χ1) is 9.65. The van der Waals surface area contributed by atoms with E-state index < -0.39 is 12.0 Å². The average molecular weight is 322 g/mol. The number of aromatic nitrogens is 2. The predicted molar refractivity (Wildman–Crippen MR) is 77.6 cm³/mol. The molecule has 0 spiro atoms. The van der Waals surface area contributed by atoms with Crippen LogP contribution in [-0.2, 0) is 6.18 Å². The lowest BCUT2D eigenvalue weighted by Crippen LogP contribution is -2.44. The molecular formula is C13H21F3N4S. The number of hydrogen-bond acceptors (Lipinski definition) is 5. The lowest BCUT2D eigenvalue weighted by atomic mass is 9.97. The van der Waals surface area contributed by atoms with Crippen molar-refractivity contribution in [2.75, 3.05) is 24.5 Å². The monoisotopic (exact) mass is 322 g/mol. The molecule has 8 heteroatoms. The van der Waals surface area contributed by atoms with Crippen LogP contribution >= 0.6 is 11.5 Å². The molecule has 0 bridgehead atoms. The van der Waals surface area contributed by atoms with Crippen LogP contribution < -0.4 is 10.2 Å². The molecule has 1 aromatic rings. The van der Waals surface area contributed by atoms with Gasteiger partial charge in [-0.05, 0) is 39.5 Å². The molecule has 2 heterocycles. The van der Waals surface area contributed by atoms with Crippen molar-refractivity contribution in [2.24, 2.45) is 5.92 Å². The molecule has 0 radical (unpaired) electrons. The molecule has 1 aliphatic heterocycles. The highest BCUT2D eigenvalue weighted by Crippen LogP contribution is 2.31. The molecule has 21 heavy (non-hydrogen) atoms. The summed E-state index contributed by atoms with van der Waals surface area (Å²) in [7, 11) is 0. The molecule has 0 saturated carbocycles. The van der Waals surface area contributed by atoms with Gasteiger partial charge in [-0.3, -0.25) is 0 Å². The molecule has 0 amide bonds. The maximum atomic E-state index is 12.6. The second kappa shape index (κ2) is 6.08. The van der Waals surface area contributed by atoms with E-state index in [4.69, 9.17) is 0 Å². The Labute approximate surface area is 126 Å². The van der Waals surface area contributed by atoms with Gasteiger partial charge >= 0.3 is 6.18 Å². The van der Waals surface area contributed by atoms with Gasteiger partial charge in [-0.25, -0.2) is 0 Å². The summed E-state index contributed by atoms with van der Waals surface area (Å²) in [6, 6.07) is 0. The van der Waals surface area contributed by atoms with E-state index in [9.17, 15) is 13.2 Å². The largest absolute Gasteiger partial charge is 0.452 e. The lowest BCUT2D eigenvalue weighted by Gasteiger charge is -2.34. The van der Waals surface area contributed by atoms with Crippen LogP contribution in [-0.4, -0.2) is 34.5 Å². The summed E-state index contributed by atoms with van der Waals surface area (Å²) in [6.45, 7) is 8.66. The third-order valence-electron chi connectivity index (χ3n) is 3.38. The average Bonchev–Trinajstić information content (AvgIpc) is 2.85. The lowest BCUT2D eigenvalue weighted by molar-refractivity contribution is -0.144. The number of anilines is 1. The Morgan fingerprint density at radius 3 is 2.62 bits per heavy atom. The van der Waals surface area contributed by atoms with Crippen LogP contribution in [0.15, 0.2) is 0 Å². The van der Waals surface area contributed by atoms with Gasteiger partial charge in [0.25, 0.3) is 0 Å². The highest BCUT2D eigenvalue weighted by Gasteiger charge is 2.37. The third kappa shape index (κ3) is 4.81. The minimum Gasteiger partial charge on any atom is -0.347 e. The molecule has 120 valence electrons. The van der Waals surface area contributed by atoms with Crippen LogP contribution in [0.3, 0.4) is 0 Å². The number of nitrogens with zero attached hydrogens (tertiary/aromatic N) is 3. The Kier molecular flexibility index (Phi) is 4.77. The molecule has 0 aromatic carbocycles. The molecule has 2 rings (SSSR count). The fourth-order valence-corrected chi connectivity index (χ4v) is 3.04. The fraction of sp³-hybridized carbons (Fsp3) is 0.846. The molecule has 1 unspecified atom stereocenters. The van der Waals surface area contributed by atoms with Crippen LogP contribution in [0.2, 0.25) is 0 Å². The Balaban J connectivity index is 1.96. The molecule has 0 aliphatic carbocycles. The third-order valence-corrected chi connectivity index (χ3v) is 4.16. The first kappa shape index (κ1) is 16.5. The second-order valence-electron chi connectivity index (χ2n) is 6.48. The van der Waals surface area contributed by atoms with Crippen molar-refractivity contribution in [1.29, 1.82) is 0 Å². The quantitative estimate of drug-likeness (QED) is 0.928. The van der Waals surface area contributed by atoms with E-state index in [0.717, 1.165) is 44.0 Å². The number of nitrogens with one attached hydrogen (secondary N) is 1. The summed E-state index contributed by atoms with van der Waals surface area (Å²) >= 11 is 0.833. The van der Waals surface area contributed by atoms with Crippen LogP contribution in [0.5, 0.6) is 0 Å². The Bertz CT molecular complexity index is 467. The van der Waals surface area contributed by atoms with Crippen molar-refractivity contribution in [3.8, 4) is 0 Å². The summed E-state index contributed by atoms with van der Waals surface area (Å²) in [5, 5.41) is 3.83. The van der Waals surface area contributed by atoms with Gasteiger partial charge in [-0.15, -0.1) is 0 Å².